The van der Waals surface area contributed by atoms with Crippen LogP contribution in [0, 0.1) is 11.3 Å². The van der Waals surface area contributed by atoms with E-state index in [4.69, 9.17) is 4.74 Å². The first kappa shape index (κ1) is 16.8. The summed E-state index contributed by atoms with van der Waals surface area (Å²) in [6.07, 6.45) is 1.69. The molecule has 0 spiro atoms. The molecule has 1 aromatic carbocycles. The average Bonchev–Trinajstić information content (AvgIpc) is 2.68. The molecule has 1 aliphatic heterocycles. The highest BCUT2D eigenvalue weighted by Crippen LogP contribution is 2.24. The standard InChI is InChI=1S/C19H20N4O2/c1-2-25-19(24)16-7-5-9-21-18(16)23-12-10-22(11-13-23)17-8-4-3-6-15(17)14-20/h3-9H,2,10-13H2,1H3. The molecule has 0 saturated carbocycles. The molecular formula is C19H20N4O2. The second-order valence-electron chi connectivity index (χ2n) is 5.70. The molecule has 0 N–H and O–H groups in total. The predicted molar refractivity (Wildman–Crippen MR) is 95.8 cm³/mol. The summed E-state index contributed by atoms with van der Waals surface area (Å²) in [5.41, 5.74) is 2.13. The molecule has 2 aromatic rings. The van der Waals surface area contributed by atoms with Gasteiger partial charge >= 0.3 is 5.97 Å². The molecular weight excluding hydrogens is 316 g/mol. The molecule has 25 heavy (non-hydrogen) atoms. The van der Waals surface area contributed by atoms with Crippen LogP contribution in [0.5, 0.6) is 0 Å². The van der Waals surface area contributed by atoms with E-state index >= 15 is 0 Å². The lowest BCUT2D eigenvalue weighted by molar-refractivity contribution is 0.0526. The number of ether oxygens (including phenoxy) is 1. The van der Waals surface area contributed by atoms with Gasteiger partial charge in [0.1, 0.15) is 17.5 Å². The fourth-order valence-electron chi connectivity index (χ4n) is 3.02. The first-order valence-corrected chi connectivity index (χ1v) is 8.35. The lowest BCUT2D eigenvalue weighted by Gasteiger charge is -2.37. The lowest BCUT2D eigenvalue weighted by Crippen LogP contribution is -2.47. The van der Waals surface area contributed by atoms with E-state index in [-0.39, 0.29) is 5.97 Å². The summed E-state index contributed by atoms with van der Waals surface area (Å²) in [7, 11) is 0. The highest BCUT2D eigenvalue weighted by atomic mass is 16.5. The van der Waals surface area contributed by atoms with Crippen LogP contribution in [-0.4, -0.2) is 43.7 Å². The van der Waals surface area contributed by atoms with Crippen LogP contribution < -0.4 is 9.80 Å². The van der Waals surface area contributed by atoms with Gasteiger partial charge in [0.15, 0.2) is 0 Å². The number of hydrogen-bond donors (Lipinski definition) is 0. The topological polar surface area (TPSA) is 69.5 Å². The number of benzene rings is 1. The van der Waals surface area contributed by atoms with Crippen LogP contribution in [0.2, 0.25) is 0 Å². The summed E-state index contributed by atoms with van der Waals surface area (Å²) in [6, 6.07) is 13.4. The van der Waals surface area contributed by atoms with E-state index in [0.717, 1.165) is 31.9 Å². The Morgan fingerprint density at radius 3 is 2.60 bits per heavy atom. The molecule has 3 rings (SSSR count). The monoisotopic (exact) mass is 336 g/mol. The molecule has 0 bridgehead atoms. The highest BCUT2D eigenvalue weighted by Gasteiger charge is 2.24. The quantitative estimate of drug-likeness (QED) is 0.799. The van der Waals surface area contributed by atoms with E-state index < -0.39 is 0 Å². The van der Waals surface area contributed by atoms with Crippen LogP contribution in [0.4, 0.5) is 11.5 Å². The largest absolute Gasteiger partial charge is 0.462 e. The molecule has 6 heteroatoms. The Bertz CT molecular complexity index is 792. The zero-order valence-corrected chi connectivity index (χ0v) is 14.2. The molecule has 1 aliphatic rings. The molecule has 6 nitrogen and oxygen atoms in total. The SMILES string of the molecule is CCOC(=O)c1cccnc1N1CCN(c2ccccc2C#N)CC1. The van der Waals surface area contributed by atoms with Crippen molar-refractivity contribution in [1.82, 2.24) is 4.98 Å². The van der Waals surface area contributed by atoms with Crippen molar-refractivity contribution in [3.63, 3.8) is 0 Å². The average molecular weight is 336 g/mol. The second-order valence-corrected chi connectivity index (χ2v) is 5.70. The molecule has 0 aliphatic carbocycles. The lowest BCUT2D eigenvalue weighted by atomic mass is 10.1. The van der Waals surface area contributed by atoms with Gasteiger partial charge in [0.05, 0.1) is 17.9 Å². The number of para-hydroxylation sites is 1. The van der Waals surface area contributed by atoms with Crippen LogP contribution in [-0.2, 0) is 4.74 Å². The highest BCUT2D eigenvalue weighted by molar-refractivity contribution is 5.94. The number of piperazine rings is 1. The Labute approximate surface area is 147 Å². The van der Waals surface area contributed by atoms with Crippen molar-refractivity contribution < 1.29 is 9.53 Å². The van der Waals surface area contributed by atoms with Crippen LogP contribution in [0.3, 0.4) is 0 Å². The van der Waals surface area contributed by atoms with Gasteiger partial charge in [0.2, 0.25) is 0 Å². The fraction of sp³-hybridized carbons (Fsp3) is 0.316. The first-order valence-electron chi connectivity index (χ1n) is 8.35. The van der Waals surface area contributed by atoms with Crippen molar-refractivity contribution in [2.24, 2.45) is 0 Å². The molecule has 0 amide bonds. The second kappa shape index (κ2) is 7.67. The number of anilines is 2. The van der Waals surface area contributed by atoms with Crippen molar-refractivity contribution in [1.29, 1.82) is 5.26 Å². The zero-order valence-electron chi connectivity index (χ0n) is 14.2. The Morgan fingerprint density at radius 1 is 1.16 bits per heavy atom. The Hall–Kier alpha value is -3.07. The Balaban J connectivity index is 1.75. The van der Waals surface area contributed by atoms with Crippen molar-refractivity contribution in [2.75, 3.05) is 42.6 Å². The maximum absolute atomic E-state index is 12.1. The summed E-state index contributed by atoms with van der Waals surface area (Å²) in [4.78, 5) is 20.8. The molecule has 2 heterocycles. The minimum Gasteiger partial charge on any atom is -0.462 e. The number of rotatable bonds is 4. The zero-order chi connectivity index (χ0) is 17.6. The van der Waals surface area contributed by atoms with Crippen molar-refractivity contribution in [2.45, 2.75) is 6.92 Å². The van der Waals surface area contributed by atoms with E-state index in [1.807, 2.05) is 24.3 Å². The molecule has 0 radical (unpaired) electrons. The van der Waals surface area contributed by atoms with Gasteiger partial charge in [0, 0.05) is 32.4 Å². The number of esters is 1. The molecule has 0 atom stereocenters. The third-order valence-electron chi connectivity index (χ3n) is 4.23. The normalized spacial score (nSPS) is 14.1. The molecule has 1 aromatic heterocycles. The number of pyridine rings is 1. The Kier molecular flexibility index (Phi) is 5.14. The van der Waals surface area contributed by atoms with Crippen molar-refractivity contribution in [3.05, 3.63) is 53.7 Å². The number of nitrogens with zero attached hydrogens (tertiary/aromatic N) is 4. The fourth-order valence-corrected chi connectivity index (χ4v) is 3.02. The molecule has 1 fully saturated rings. The van der Waals surface area contributed by atoms with Gasteiger partial charge in [-0.2, -0.15) is 5.26 Å². The van der Waals surface area contributed by atoms with E-state index in [1.165, 1.54) is 0 Å². The maximum Gasteiger partial charge on any atom is 0.341 e. The molecule has 0 unspecified atom stereocenters. The number of carbonyl (C=O) groups excluding carboxylic acids is 1. The third kappa shape index (κ3) is 3.56. The van der Waals surface area contributed by atoms with E-state index in [9.17, 15) is 10.1 Å². The summed E-state index contributed by atoms with van der Waals surface area (Å²) in [6.45, 7) is 5.10. The van der Waals surface area contributed by atoms with Gasteiger partial charge < -0.3 is 14.5 Å². The van der Waals surface area contributed by atoms with Crippen molar-refractivity contribution in [3.8, 4) is 6.07 Å². The van der Waals surface area contributed by atoms with E-state index in [2.05, 4.69) is 20.9 Å². The first-order chi connectivity index (χ1) is 12.2. The van der Waals surface area contributed by atoms with E-state index in [0.29, 0.717) is 23.6 Å². The smallest absolute Gasteiger partial charge is 0.341 e. The van der Waals surface area contributed by atoms with Gasteiger partial charge in [-0.1, -0.05) is 12.1 Å². The van der Waals surface area contributed by atoms with Gasteiger partial charge in [0.25, 0.3) is 0 Å². The minimum atomic E-state index is -0.345. The third-order valence-corrected chi connectivity index (χ3v) is 4.23. The van der Waals surface area contributed by atoms with Gasteiger partial charge in [-0.15, -0.1) is 0 Å². The van der Waals surface area contributed by atoms with Gasteiger partial charge in [-0.25, -0.2) is 9.78 Å². The van der Waals surface area contributed by atoms with Gasteiger partial charge in [-0.3, -0.25) is 0 Å². The summed E-state index contributed by atoms with van der Waals surface area (Å²) in [5, 5.41) is 9.28. The summed E-state index contributed by atoms with van der Waals surface area (Å²) >= 11 is 0. The summed E-state index contributed by atoms with van der Waals surface area (Å²) < 4.78 is 5.13. The summed E-state index contributed by atoms with van der Waals surface area (Å²) in [5.74, 6) is 0.317. The number of nitriles is 1. The number of carbonyl (C=O) groups is 1. The maximum atomic E-state index is 12.1. The Morgan fingerprint density at radius 2 is 1.88 bits per heavy atom. The molecule has 128 valence electrons. The predicted octanol–water partition coefficient (Wildman–Crippen LogP) is 2.46. The van der Waals surface area contributed by atoms with Crippen LogP contribution in [0.15, 0.2) is 42.6 Å². The van der Waals surface area contributed by atoms with Crippen LogP contribution in [0.1, 0.15) is 22.8 Å². The molecule has 1 saturated heterocycles. The number of aromatic nitrogens is 1. The minimum absolute atomic E-state index is 0.339. The van der Waals surface area contributed by atoms with Crippen molar-refractivity contribution >= 4 is 17.5 Å². The van der Waals surface area contributed by atoms with Crippen LogP contribution in [0.25, 0.3) is 0 Å². The number of hydrogen-bond acceptors (Lipinski definition) is 6. The van der Waals surface area contributed by atoms with Crippen LogP contribution >= 0.6 is 0 Å². The van der Waals surface area contributed by atoms with Gasteiger partial charge in [-0.05, 0) is 31.2 Å². The van der Waals surface area contributed by atoms with E-state index in [1.54, 1.807) is 25.3 Å².